The van der Waals surface area contributed by atoms with E-state index in [4.69, 9.17) is 9.47 Å². The van der Waals surface area contributed by atoms with Crippen LogP contribution < -0.4 is 14.8 Å². The minimum absolute atomic E-state index is 0.0000265. The van der Waals surface area contributed by atoms with E-state index in [1.165, 1.54) is 12.1 Å². The van der Waals surface area contributed by atoms with Gasteiger partial charge < -0.3 is 14.8 Å². The molecular weight excluding hydrogens is 485 g/mol. The van der Waals surface area contributed by atoms with Gasteiger partial charge in [0.25, 0.3) is 0 Å². The van der Waals surface area contributed by atoms with Crippen molar-refractivity contribution in [2.24, 2.45) is 0 Å². The van der Waals surface area contributed by atoms with Gasteiger partial charge in [-0.05, 0) is 41.8 Å². The Morgan fingerprint density at radius 2 is 1.63 bits per heavy atom. The summed E-state index contributed by atoms with van der Waals surface area (Å²) in [6.07, 6.45) is -4.89. The van der Waals surface area contributed by atoms with E-state index < -0.39 is 38.6 Å². The molecule has 3 aromatic rings. The molecule has 3 aromatic carbocycles. The number of nitrogens with one attached hydrogen (secondary N) is 1. The van der Waals surface area contributed by atoms with E-state index >= 15 is 0 Å². The Kier molecular flexibility index (Phi) is 5.68. The van der Waals surface area contributed by atoms with Crippen LogP contribution in [0.15, 0.2) is 71.6 Å². The van der Waals surface area contributed by atoms with Crippen molar-refractivity contribution in [3.63, 3.8) is 0 Å². The zero-order valence-corrected chi connectivity index (χ0v) is 18.9. The standard InChI is InChI=1S/C24H19F3N2O5S/c25-24(26,27)18-7-3-4-8-22(18)35(31,32)29-13-16-6-2-1-5-15(16)11-19(29)23(30)28-17-9-10-20-21(12-17)34-14-33-20/h1-10,12,19H,11,13-14H2,(H,28,30)/t19-/m0/s1. The first kappa shape index (κ1) is 23.2. The van der Waals surface area contributed by atoms with Crippen LogP contribution in [0.3, 0.4) is 0 Å². The van der Waals surface area contributed by atoms with Gasteiger partial charge in [0.2, 0.25) is 22.7 Å². The van der Waals surface area contributed by atoms with E-state index in [1.54, 1.807) is 36.4 Å². The fourth-order valence-corrected chi connectivity index (χ4v) is 6.01. The normalized spacial score (nSPS) is 17.6. The highest BCUT2D eigenvalue weighted by atomic mass is 32.2. The second kappa shape index (κ2) is 8.58. The molecule has 0 saturated heterocycles. The quantitative estimate of drug-likeness (QED) is 0.576. The number of nitrogens with zero attached hydrogens (tertiary/aromatic N) is 1. The largest absolute Gasteiger partial charge is 0.454 e. The number of benzene rings is 3. The number of sulfonamides is 1. The molecule has 182 valence electrons. The van der Waals surface area contributed by atoms with Crippen LogP contribution in [0.1, 0.15) is 16.7 Å². The summed E-state index contributed by atoms with van der Waals surface area (Å²) < 4.78 is 79.5. The molecule has 11 heteroatoms. The predicted molar refractivity (Wildman–Crippen MR) is 119 cm³/mol. The third kappa shape index (κ3) is 4.32. The molecule has 1 N–H and O–H groups in total. The Bertz CT molecular complexity index is 1410. The highest BCUT2D eigenvalue weighted by Gasteiger charge is 2.44. The molecule has 0 saturated carbocycles. The summed E-state index contributed by atoms with van der Waals surface area (Å²) >= 11 is 0. The van der Waals surface area contributed by atoms with E-state index in [2.05, 4.69) is 5.32 Å². The number of fused-ring (bicyclic) bond motifs is 2. The Hall–Kier alpha value is -3.57. The Labute approximate surface area is 199 Å². The first-order chi connectivity index (χ1) is 16.6. The lowest BCUT2D eigenvalue weighted by atomic mass is 9.95. The molecule has 35 heavy (non-hydrogen) atoms. The summed E-state index contributed by atoms with van der Waals surface area (Å²) in [4.78, 5) is 12.4. The fourth-order valence-electron chi connectivity index (χ4n) is 4.23. The lowest BCUT2D eigenvalue weighted by molar-refractivity contribution is -0.139. The van der Waals surface area contributed by atoms with E-state index in [9.17, 15) is 26.4 Å². The number of halogens is 3. The number of carbonyl (C=O) groups excluding carboxylic acids is 1. The molecule has 0 fully saturated rings. The van der Waals surface area contributed by atoms with Crippen LogP contribution >= 0.6 is 0 Å². The van der Waals surface area contributed by atoms with Gasteiger partial charge in [0.15, 0.2) is 11.5 Å². The van der Waals surface area contributed by atoms with Crippen molar-refractivity contribution in [3.8, 4) is 11.5 Å². The molecule has 1 atom stereocenters. The SMILES string of the molecule is O=C(Nc1ccc2c(c1)OCO2)[C@@H]1Cc2ccccc2CN1S(=O)(=O)c1ccccc1C(F)(F)F. The molecule has 0 spiro atoms. The van der Waals surface area contributed by atoms with Crippen LogP contribution in [0.4, 0.5) is 18.9 Å². The van der Waals surface area contributed by atoms with Crippen LogP contribution in [-0.2, 0) is 34.0 Å². The zero-order chi connectivity index (χ0) is 24.8. The molecule has 5 rings (SSSR count). The second-order valence-corrected chi connectivity index (χ2v) is 9.95. The van der Waals surface area contributed by atoms with Gasteiger partial charge in [-0.1, -0.05) is 36.4 Å². The summed E-state index contributed by atoms with van der Waals surface area (Å²) in [6, 6.07) is 14.3. The summed E-state index contributed by atoms with van der Waals surface area (Å²) in [6.45, 7) is -0.208. The number of rotatable bonds is 4. The number of alkyl halides is 3. The average molecular weight is 504 g/mol. The lowest BCUT2D eigenvalue weighted by Gasteiger charge is -2.35. The highest BCUT2D eigenvalue weighted by Crippen LogP contribution is 2.38. The Balaban J connectivity index is 1.53. The number of anilines is 1. The lowest BCUT2D eigenvalue weighted by Crippen LogP contribution is -2.50. The van der Waals surface area contributed by atoms with Crippen molar-refractivity contribution in [2.75, 3.05) is 12.1 Å². The number of amides is 1. The van der Waals surface area contributed by atoms with Crippen molar-refractivity contribution in [1.29, 1.82) is 0 Å². The van der Waals surface area contributed by atoms with Crippen LogP contribution in [0.25, 0.3) is 0 Å². The fraction of sp³-hybridized carbons (Fsp3) is 0.208. The van der Waals surface area contributed by atoms with Gasteiger partial charge in [-0.15, -0.1) is 0 Å². The second-order valence-electron chi connectivity index (χ2n) is 8.09. The maximum atomic E-state index is 13.7. The molecule has 1 amide bonds. The molecule has 0 radical (unpaired) electrons. The molecule has 2 aliphatic heterocycles. The third-order valence-electron chi connectivity index (χ3n) is 5.93. The molecule has 7 nitrogen and oxygen atoms in total. The van der Waals surface area contributed by atoms with Gasteiger partial charge in [0.1, 0.15) is 6.04 Å². The number of ether oxygens (including phenoxy) is 2. The third-order valence-corrected chi connectivity index (χ3v) is 7.84. The first-order valence-corrected chi connectivity index (χ1v) is 12.0. The smallest absolute Gasteiger partial charge is 0.417 e. The van der Waals surface area contributed by atoms with E-state index in [0.29, 0.717) is 28.8 Å². The van der Waals surface area contributed by atoms with Gasteiger partial charge in [0, 0.05) is 18.3 Å². The summed E-state index contributed by atoms with van der Waals surface area (Å²) in [5, 5.41) is 2.67. The van der Waals surface area contributed by atoms with Crippen LogP contribution in [0, 0.1) is 0 Å². The Morgan fingerprint density at radius 1 is 0.943 bits per heavy atom. The van der Waals surface area contributed by atoms with Crippen LogP contribution in [0.2, 0.25) is 0 Å². The van der Waals surface area contributed by atoms with Crippen molar-refractivity contribution in [1.82, 2.24) is 4.31 Å². The minimum atomic E-state index is -4.89. The Morgan fingerprint density at radius 3 is 2.40 bits per heavy atom. The van der Waals surface area contributed by atoms with Crippen LogP contribution in [0.5, 0.6) is 11.5 Å². The van der Waals surface area contributed by atoms with Gasteiger partial charge in [-0.25, -0.2) is 8.42 Å². The van der Waals surface area contributed by atoms with Crippen molar-refractivity contribution < 1.29 is 35.9 Å². The predicted octanol–water partition coefficient (Wildman–Crippen LogP) is 4.19. The van der Waals surface area contributed by atoms with E-state index in [-0.39, 0.29) is 19.8 Å². The first-order valence-electron chi connectivity index (χ1n) is 10.6. The van der Waals surface area contributed by atoms with Crippen molar-refractivity contribution in [3.05, 3.63) is 83.4 Å². The minimum Gasteiger partial charge on any atom is -0.454 e. The topological polar surface area (TPSA) is 84.9 Å². The molecule has 0 unspecified atom stereocenters. The molecule has 0 aliphatic carbocycles. The number of hydrogen-bond donors (Lipinski definition) is 1. The summed E-state index contributed by atoms with van der Waals surface area (Å²) in [5.41, 5.74) is 0.418. The van der Waals surface area contributed by atoms with Gasteiger partial charge in [0.05, 0.1) is 10.5 Å². The van der Waals surface area contributed by atoms with Gasteiger partial charge >= 0.3 is 6.18 Å². The number of carbonyl (C=O) groups is 1. The van der Waals surface area contributed by atoms with Crippen molar-refractivity contribution >= 4 is 21.6 Å². The average Bonchev–Trinajstić information content (AvgIpc) is 3.30. The molecule has 2 heterocycles. The maximum absolute atomic E-state index is 13.7. The molecule has 2 aliphatic rings. The summed E-state index contributed by atoms with van der Waals surface area (Å²) in [5.74, 6) is 0.245. The maximum Gasteiger partial charge on any atom is 0.417 e. The molecule has 0 aromatic heterocycles. The van der Waals surface area contributed by atoms with Crippen LogP contribution in [-0.4, -0.2) is 31.5 Å². The summed E-state index contributed by atoms with van der Waals surface area (Å²) in [7, 11) is -4.71. The zero-order valence-electron chi connectivity index (χ0n) is 18.1. The van der Waals surface area contributed by atoms with Gasteiger partial charge in [-0.3, -0.25) is 4.79 Å². The molecular formula is C24H19F3N2O5S. The number of hydrogen-bond acceptors (Lipinski definition) is 5. The molecule has 0 bridgehead atoms. The van der Waals surface area contributed by atoms with Gasteiger partial charge in [-0.2, -0.15) is 17.5 Å². The van der Waals surface area contributed by atoms with E-state index in [1.807, 2.05) is 0 Å². The monoisotopic (exact) mass is 504 g/mol. The van der Waals surface area contributed by atoms with Crippen molar-refractivity contribution in [2.45, 2.75) is 30.1 Å². The highest BCUT2D eigenvalue weighted by molar-refractivity contribution is 7.89. The van der Waals surface area contributed by atoms with E-state index in [0.717, 1.165) is 22.0 Å².